The van der Waals surface area contributed by atoms with Gasteiger partial charge in [0, 0.05) is 6.54 Å². The van der Waals surface area contributed by atoms with Crippen molar-refractivity contribution in [3.8, 4) is 0 Å². The number of hydrogen-bond acceptors (Lipinski definition) is 3. The Morgan fingerprint density at radius 1 is 1.22 bits per heavy atom. The van der Waals surface area contributed by atoms with E-state index in [4.69, 9.17) is 10.2 Å². The molecule has 0 aromatic carbocycles. The number of hydrogen-bond donors (Lipinski definition) is 4. The first-order valence-corrected chi connectivity index (χ1v) is 6.51. The van der Waals surface area contributed by atoms with Crippen molar-refractivity contribution in [1.29, 1.82) is 0 Å². The topological polar surface area (TPSA) is 98.7 Å². The largest absolute Gasteiger partial charge is 0.480 e. The van der Waals surface area contributed by atoms with Gasteiger partial charge in [0.2, 0.25) is 0 Å². The van der Waals surface area contributed by atoms with Gasteiger partial charge in [-0.05, 0) is 12.3 Å². The average Bonchev–Trinajstić information content (AvgIpc) is 2.37. The van der Waals surface area contributed by atoms with Crippen LogP contribution < -0.4 is 10.6 Å². The maximum Gasteiger partial charge on any atom is 0.328 e. The van der Waals surface area contributed by atoms with E-state index in [1.54, 1.807) is 0 Å². The maximum absolute atomic E-state index is 11.4. The van der Waals surface area contributed by atoms with Gasteiger partial charge < -0.3 is 20.8 Å². The Balaban J connectivity index is 2.14. The van der Waals surface area contributed by atoms with Crippen molar-refractivity contribution in [2.45, 2.75) is 44.6 Å². The highest BCUT2D eigenvalue weighted by Gasteiger charge is 2.18. The Bertz CT molecular complexity index is 277. The van der Waals surface area contributed by atoms with Crippen LogP contribution in [0.4, 0.5) is 4.79 Å². The lowest BCUT2D eigenvalue weighted by atomic mass is 9.87. The lowest BCUT2D eigenvalue weighted by Gasteiger charge is -2.21. The predicted molar refractivity (Wildman–Crippen MR) is 66.2 cm³/mol. The molecule has 18 heavy (non-hydrogen) atoms. The van der Waals surface area contributed by atoms with Crippen molar-refractivity contribution in [1.82, 2.24) is 10.6 Å². The standard InChI is InChI=1S/C12H22N2O4/c15-8-10(11(16)17)14-12(18)13-7-6-9-4-2-1-3-5-9/h9-10,15H,1-8H2,(H,16,17)(H2,13,14,18)/t10-/m1/s1. The van der Waals surface area contributed by atoms with E-state index in [-0.39, 0.29) is 0 Å². The molecule has 1 aliphatic rings. The first-order chi connectivity index (χ1) is 8.63. The molecule has 0 unspecified atom stereocenters. The normalized spacial score (nSPS) is 18.1. The monoisotopic (exact) mass is 258 g/mol. The summed E-state index contributed by atoms with van der Waals surface area (Å²) in [4.78, 5) is 21.9. The van der Waals surface area contributed by atoms with E-state index < -0.39 is 24.6 Å². The van der Waals surface area contributed by atoms with Gasteiger partial charge in [-0.3, -0.25) is 0 Å². The molecule has 0 spiro atoms. The Kier molecular flexibility index (Phi) is 6.49. The molecule has 0 aromatic rings. The molecule has 1 atom stereocenters. The van der Waals surface area contributed by atoms with E-state index in [9.17, 15) is 9.59 Å². The number of aliphatic hydroxyl groups is 1. The molecule has 6 nitrogen and oxygen atoms in total. The molecule has 0 heterocycles. The minimum atomic E-state index is -1.24. The summed E-state index contributed by atoms with van der Waals surface area (Å²) in [5, 5.41) is 22.2. The third-order valence-electron chi connectivity index (χ3n) is 3.35. The van der Waals surface area contributed by atoms with E-state index in [1.165, 1.54) is 32.1 Å². The molecular formula is C12H22N2O4. The molecule has 1 fully saturated rings. The van der Waals surface area contributed by atoms with Crippen LogP contribution in [0.25, 0.3) is 0 Å². The quantitative estimate of drug-likeness (QED) is 0.563. The van der Waals surface area contributed by atoms with E-state index in [0.29, 0.717) is 12.5 Å². The summed E-state index contributed by atoms with van der Waals surface area (Å²) in [6.07, 6.45) is 7.21. The molecule has 1 saturated carbocycles. The molecule has 1 rings (SSSR count). The Hall–Kier alpha value is -1.30. The molecule has 0 saturated heterocycles. The summed E-state index contributed by atoms with van der Waals surface area (Å²) in [7, 11) is 0. The highest BCUT2D eigenvalue weighted by atomic mass is 16.4. The number of amides is 2. The summed E-state index contributed by atoms with van der Waals surface area (Å²) in [5.41, 5.74) is 0. The van der Waals surface area contributed by atoms with E-state index in [2.05, 4.69) is 10.6 Å². The number of rotatable bonds is 6. The Morgan fingerprint density at radius 2 is 1.89 bits per heavy atom. The summed E-state index contributed by atoms with van der Waals surface area (Å²) in [5.74, 6) is -0.563. The molecule has 0 aliphatic heterocycles. The van der Waals surface area contributed by atoms with Gasteiger partial charge in [0.25, 0.3) is 0 Å². The molecule has 1 aliphatic carbocycles. The Labute approximate surface area is 107 Å². The number of nitrogens with one attached hydrogen (secondary N) is 2. The highest BCUT2D eigenvalue weighted by Crippen LogP contribution is 2.25. The first-order valence-electron chi connectivity index (χ1n) is 6.51. The van der Waals surface area contributed by atoms with Crippen LogP contribution in [0.5, 0.6) is 0 Å². The third kappa shape index (κ3) is 5.35. The smallest absolute Gasteiger partial charge is 0.328 e. The minimum absolute atomic E-state index is 0.535. The lowest BCUT2D eigenvalue weighted by molar-refractivity contribution is -0.140. The van der Waals surface area contributed by atoms with Gasteiger partial charge in [-0.25, -0.2) is 9.59 Å². The van der Waals surface area contributed by atoms with Gasteiger partial charge in [-0.1, -0.05) is 32.1 Å². The van der Waals surface area contributed by atoms with Gasteiger partial charge in [0.05, 0.1) is 6.61 Å². The van der Waals surface area contributed by atoms with Crippen LogP contribution >= 0.6 is 0 Å². The fourth-order valence-electron chi connectivity index (χ4n) is 2.26. The fourth-order valence-corrected chi connectivity index (χ4v) is 2.26. The average molecular weight is 258 g/mol. The zero-order valence-corrected chi connectivity index (χ0v) is 10.5. The molecule has 0 aromatic heterocycles. The van der Waals surface area contributed by atoms with Crippen molar-refractivity contribution >= 4 is 12.0 Å². The summed E-state index contributed by atoms with van der Waals surface area (Å²) in [6.45, 7) is -0.0559. The number of carbonyl (C=O) groups excluding carboxylic acids is 1. The zero-order valence-electron chi connectivity index (χ0n) is 10.5. The van der Waals surface area contributed by atoms with Gasteiger partial charge in [0.1, 0.15) is 0 Å². The number of carboxylic acid groups (broad SMARTS) is 1. The second-order valence-electron chi connectivity index (χ2n) is 4.77. The number of urea groups is 1. The van der Waals surface area contributed by atoms with Crippen molar-refractivity contribution in [2.75, 3.05) is 13.2 Å². The van der Waals surface area contributed by atoms with Gasteiger partial charge in [-0.2, -0.15) is 0 Å². The highest BCUT2D eigenvalue weighted by molar-refractivity contribution is 5.82. The van der Waals surface area contributed by atoms with Crippen molar-refractivity contribution in [2.24, 2.45) is 5.92 Å². The van der Waals surface area contributed by atoms with Crippen LogP contribution in [-0.2, 0) is 4.79 Å². The minimum Gasteiger partial charge on any atom is -0.480 e. The van der Waals surface area contributed by atoms with E-state index in [1.807, 2.05) is 0 Å². The maximum atomic E-state index is 11.4. The molecular weight excluding hydrogens is 236 g/mol. The second-order valence-corrected chi connectivity index (χ2v) is 4.77. The third-order valence-corrected chi connectivity index (χ3v) is 3.35. The summed E-state index contributed by atoms with van der Waals surface area (Å²) < 4.78 is 0. The van der Waals surface area contributed by atoms with Crippen LogP contribution in [0.1, 0.15) is 38.5 Å². The molecule has 104 valence electrons. The molecule has 0 radical (unpaired) electrons. The molecule has 6 heteroatoms. The van der Waals surface area contributed by atoms with Crippen molar-refractivity contribution in [3.63, 3.8) is 0 Å². The van der Waals surface area contributed by atoms with Gasteiger partial charge >= 0.3 is 12.0 Å². The number of carbonyl (C=O) groups is 2. The van der Waals surface area contributed by atoms with Crippen LogP contribution in [0.2, 0.25) is 0 Å². The van der Waals surface area contributed by atoms with Crippen LogP contribution in [-0.4, -0.2) is 41.4 Å². The van der Waals surface area contributed by atoms with E-state index >= 15 is 0 Å². The summed E-state index contributed by atoms with van der Waals surface area (Å²) in [6, 6.07) is -1.77. The van der Waals surface area contributed by atoms with E-state index in [0.717, 1.165) is 6.42 Å². The zero-order chi connectivity index (χ0) is 13.4. The number of carboxylic acids is 1. The van der Waals surface area contributed by atoms with Crippen molar-refractivity contribution in [3.05, 3.63) is 0 Å². The first kappa shape index (κ1) is 14.8. The van der Waals surface area contributed by atoms with Crippen molar-refractivity contribution < 1.29 is 19.8 Å². The molecule has 0 bridgehead atoms. The molecule has 4 N–H and O–H groups in total. The predicted octanol–water partition coefficient (Wildman–Crippen LogP) is 0.701. The fraction of sp³-hybridized carbons (Fsp3) is 0.833. The summed E-state index contributed by atoms with van der Waals surface area (Å²) >= 11 is 0. The van der Waals surface area contributed by atoms with Crippen LogP contribution in [0.3, 0.4) is 0 Å². The van der Waals surface area contributed by atoms with Gasteiger partial charge in [0.15, 0.2) is 6.04 Å². The van der Waals surface area contributed by atoms with Crippen LogP contribution in [0, 0.1) is 5.92 Å². The SMILES string of the molecule is O=C(NCCC1CCCCC1)N[C@H](CO)C(=O)O. The number of aliphatic carboxylic acids is 1. The lowest BCUT2D eigenvalue weighted by Crippen LogP contribution is -2.48. The second kappa shape index (κ2) is 7.92. The number of aliphatic hydroxyl groups excluding tert-OH is 1. The van der Waals surface area contributed by atoms with Gasteiger partial charge in [-0.15, -0.1) is 0 Å². The Morgan fingerprint density at radius 3 is 2.44 bits per heavy atom. The van der Waals surface area contributed by atoms with Crippen LogP contribution in [0.15, 0.2) is 0 Å². The molecule has 2 amide bonds.